The third-order valence-electron chi connectivity index (χ3n) is 6.86. The average molecular weight is 564 g/mol. The number of hydrogen-bond acceptors (Lipinski definition) is 5. The number of benzene rings is 3. The molecule has 3 aromatic carbocycles. The van der Waals surface area contributed by atoms with Gasteiger partial charge < -0.3 is 14.8 Å². The SMILES string of the molecule is Cc1cccc(-n2cccc2[C@H]2[C@H](c3ccccn3)NC(=S)N2c2ccc(Sc3ccc([N+](=O)[O-])cc3)cc2)c1. The van der Waals surface area contributed by atoms with Gasteiger partial charge in [0.15, 0.2) is 5.11 Å². The van der Waals surface area contributed by atoms with Crippen molar-refractivity contribution in [2.75, 3.05) is 4.90 Å². The van der Waals surface area contributed by atoms with E-state index in [2.05, 4.69) is 93.6 Å². The lowest BCUT2D eigenvalue weighted by molar-refractivity contribution is -0.384. The van der Waals surface area contributed by atoms with Crippen molar-refractivity contribution in [1.82, 2.24) is 14.9 Å². The number of aromatic nitrogens is 2. The lowest BCUT2D eigenvalue weighted by Crippen LogP contribution is -2.30. The van der Waals surface area contributed by atoms with Gasteiger partial charge in [0.25, 0.3) is 5.69 Å². The van der Waals surface area contributed by atoms with Crippen molar-refractivity contribution in [2.24, 2.45) is 0 Å². The van der Waals surface area contributed by atoms with E-state index in [4.69, 9.17) is 12.2 Å². The predicted molar refractivity (Wildman–Crippen MR) is 162 cm³/mol. The van der Waals surface area contributed by atoms with Crippen molar-refractivity contribution < 1.29 is 4.92 Å². The number of nitrogens with one attached hydrogen (secondary N) is 1. The molecule has 7 nitrogen and oxygen atoms in total. The highest BCUT2D eigenvalue weighted by Crippen LogP contribution is 2.43. The van der Waals surface area contributed by atoms with Crippen LogP contribution in [0.3, 0.4) is 0 Å². The molecule has 0 radical (unpaired) electrons. The van der Waals surface area contributed by atoms with Crippen LogP contribution in [0, 0.1) is 17.0 Å². The van der Waals surface area contributed by atoms with Gasteiger partial charge in [-0.2, -0.15) is 0 Å². The summed E-state index contributed by atoms with van der Waals surface area (Å²) in [5.74, 6) is 0. The summed E-state index contributed by atoms with van der Waals surface area (Å²) < 4.78 is 2.22. The second kappa shape index (κ2) is 11.0. The van der Waals surface area contributed by atoms with Crippen LogP contribution in [-0.4, -0.2) is 19.6 Å². The van der Waals surface area contributed by atoms with E-state index in [0.717, 1.165) is 32.6 Å². The van der Waals surface area contributed by atoms with Crippen LogP contribution < -0.4 is 10.2 Å². The molecule has 1 saturated heterocycles. The predicted octanol–water partition coefficient (Wildman–Crippen LogP) is 7.42. The van der Waals surface area contributed by atoms with E-state index in [-0.39, 0.29) is 22.7 Å². The summed E-state index contributed by atoms with van der Waals surface area (Å²) in [4.78, 5) is 19.4. The Morgan fingerprint density at radius 1 is 0.900 bits per heavy atom. The van der Waals surface area contributed by atoms with Crippen LogP contribution in [0.1, 0.15) is 29.0 Å². The largest absolute Gasteiger partial charge is 0.351 e. The second-order valence-corrected chi connectivity index (χ2v) is 11.0. The highest BCUT2D eigenvalue weighted by molar-refractivity contribution is 7.99. The number of nitrogens with zero attached hydrogens (tertiary/aromatic N) is 4. The molecule has 0 unspecified atom stereocenters. The number of nitro benzene ring substituents is 1. The standard InChI is InChI=1S/C31H25N5O2S2/c1-21-6-4-7-24(20-21)34-19-5-9-28(34)30-29(27-8-2-3-18-32-27)33-31(39)35(30)22-10-14-25(15-11-22)40-26-16-12-23(13-17-26)36(37)38/h2-20,29-30H,1H3,(H,33,39)/t29-,30-/m0/s1. The Morgan fingerprint density at radius 3 is 2.33 bits per heavy atom. The van der Waals surface area contributed by atoms with Crippen LogP contribution in [0.2, 0.25) is 0 Å². The smallest absolute Gasteiger partial charge is 0.269 e. The van der Waals surface area contributed by atoms with Crippen LogP contribution >= 0.6 is 24.0 Å². The van der Waals surface area contributed by atoms with Crippen molar-refractivity contribution in [3.8, 4) is 5.69 Å². The summed E-state index contributed by atoms with van der Waals surface area (Å²) in [5, 5.41) is 15.1. The van der Waals surface area contributed by atoms with Gasteiger partial charge in [-0.15, -0.1) is 0 Å². The molecular weight excluding hydrogens is 539 g/mol. The van der Waals surface area contributed by atoms with Crippen molar-refractivity contribution in [3.63, 3.8) is 0 Å². The van der Waals surface area contributed by atoms with Gasteiger partial charge in [-0.1, -0.05) is 30.0 Å². The van der Waals surface area contributed by atoms with E-state index < -0.39 is 0 Å². The number of nitro groups is 1. The molecule has 0 spiro atoms. The first-order chi connectivity index (χ1) is 19.5. The molecule has 0 aliphatic carbocycles. The van der Waals surface area contributed by atoms with Gasteiger partial charge in [-0.05, 0) is 97.5 Å². The molecular formula is C31H25N5O2S2. The summed E-state index contributed by atoms with van der Waals surface area (Å²) in [6, 6.07) is 33.1. The lowest BCUT2D eigenvalue weighted by atomic mass is 10.0. The average Bonchev–Trinajstić information content (AvgIpc) is 3.59. The zero-order valence-corrected chi connectivity index (χ0v) is 23.2. The molecule has 6 rings (SSSR count). The fraction of sp³-hybridized carbons (Fsp3) is 0.0968. The Bertz CT molecular complexity index is 1670. The van der Waals surface area contributed by atoms with Gasteiger partial charge in [0.2, 0.25) is 0 Å². The fourth-order valence-corrected chi connectivity index (χ4v) is 6.19. The van der Waals surface area contributed by atoms with Gasteiger partial charge in [0.1, 0.15) is 6.04 Å². The number of aryl methyl sites for hydroxylation is 1. The van der Waals surface area contributed by atoms with Crippen molar-refractivity contribution in [3.05, 3.63) is 143 Å². The molecule has 198 valence electrons. The number of rotatable bonds is 7. The topological polar surface area (TPSA) is 76.2 Å². The Morgan fingerprint density at radius 2 is 1.65 bits per heavy atom. The Balaban J connectivity index is 1.36. The monoisotopic (exact) mass is 563 g/mol. The van der Waals surface area contributed by atoms with Crippen LogP contribution in [0.15, 0.2) is 125 Å². The molecule has 5 aromatic rings. The Hall–Kier alpha value is -4.47. The third kappa shape index (κ3) is 5.09. The molecule has 3 heterocycles. The quantitative estimate of drug-likeness (QED) is 0.125. The van der Waals surface area contributed by atoms with Gasteiger partial charge >= 0.3 is 0 Å². The third-order valence-corrected chi connectivity index (χ3v) is 8.19. The van der Waals surface area contributed by atoms with Crippen LogP contribution in [0.4, 0.5) is 11.4 Å². The fourth-order valence-electron chi connectivity index (χ4n) is 5.03. The molecule has 2 aromatic heterocycles. The number of anilines is 1. The molecule has 9 heteroatoms. The van der Waals surface area contributed by atoms with Gasteiger partial charge in [-0.25, -0.2) is 0 Å². The van der Waals surface area contributed by atoms with Crippen LogP contribution in [-0.2, 0) is 0 Å². The summed E-state index contributed by atoms with van der Waals surface area (Å²) in [6.45, 7) is 2.10. The zero-order chi connectivity index (χ0) is 27.6. The lowest BCUT2D eigenvalue weighted by Gasteiger charge is -2.29. The minimum atomic E-state index is -0.389. The minimum absolute atomic E-state index is 0.0821. The first-order valence-corrected chi connectivity index (χ1v) is 14.0. The minimum Gasteiger partial charge on any atom is -0.351 e. The van der Waals surface area contributed by atoms with E-state index in [1.807, 2.05) is 24.4 Å². The van der Waals surface area contributed by atoms with Gasteiger partial charge in [-0.3, -0.25) is 15.1 Å². The number of thiocarbonyl (C=S) groups is 1. The van der Waals surface area contributed by atoms with Crippen molar-refractivity contribution in [2.45, 2.75) is 28.8 Å². The van der Waals surface area contributed by atoms with Crippen LogP contribution in [0.25, 0.3) is 5.69 Å². The van der Waals surface area contributed by atoms with E-state index >= 15 is 0 Å². The van der Waals surface area contributed by atoms with E-state index in [1.165, 1.54) is 17.7 Å². The maximum absolute atomic E-state index is 11.0. The van der Waals surface area contributed by atoms with Gasteiger partial charge in [0.05, 0.1) is 16.7 Å². The first-order valence-electron chi connectivity index (χ1n) is 12.8. The Kier molecular flexibility index (Phi) is 7.06. The molecule has 0 bridgehead atoms. The number of pyridine rings is 1. The second-order valence-electron chi connectivity index (χ2n) is 9.49. The van der Waals surface area contributed by atoms with E-state index in [9.17, 15) is 10.1 Å². The molecule has 1 N–H and O–H groups in total. The molecule has 2 atom stereocenters. The Labute approximate surface area is 241 Å². The van der Waals surface area contributed by atoms with Crippen molar-refractivity contribution in [1.29, 1.82) is 0 Å². The molecule has 1 aliphatic rings. The number of non-ortho nitro benzene ring substituents is 1. The highest BCUT2D eigenvalue weighted by atomic mass is 32.2. The molecule has 40 heavy (non-hydrogen) atoms. The molecule has 0 amide bonds. The number of hydrogen-bond donors (Lipinski definition) is 1. The van der Waals surface area contributed by atoms with Crippen LogP contribution in [0.5, 0.6) is 0 Å². The van der Waals surface area contributed by atoms with Gasteiger partial charge in [0, 0.05) is 51.4 Å². The normalized spacial score (nSPS) is 16.6. The zero-order valence-electron chi connectivity index (χ0n) is 21.5. The summed E-state index contributed by atoms with van der Waals surface area (Å²) in [6.07, 6.45) is 3.90. The van der Waals surface area contributed by atoms with E-state index in [0.29, 0.717) is 5.11 Å². The maximum Gasteiger partial charge on any atom is 0.269 e. The summed E-state index contributed by atoms with van der Waals surface area (Å²) in [7, 11) is 0. The maximum atomic E-state index is 11.0. The molecule has 1 aliphatic heterocycles. The molecule has 0 saturated carbocycles. The summed E-state index contributed by atoms with van der Waals surface area (Å²) in [5.41, 5.74) is 5.34. The molecule has 1 fully saturated rings. The summed E-state index contributed by atoms with van der Waals surface area (Å²) >= 11 is 7.47. The highest BCUT2D eigenvalue weighted by Gasteiger charge is 2.42. The van der Waals surface area contributed by atoms with Crippen molar-refractivity contribution >= 4 is 40.5 Å². The first kappa shape index (κ1) is 25.8. The van der Waals surface area contributed by atoms with E-state index in [1.54, 1.807) is 23.9 Å².